The number of fused-ring (bicyclic) bond motifs is 1. The van der Waals surface area contributed by atoms with Gasteiger partial charge in [0.25, 0.3) is 0 Å². The van der Waals surface area contributed by atoms with Crippen LogP contribution < -0.4 is 5.32 Å². The van der Waals surface area contributed by atoms with E-state index < -0.39 is 0 Å². The summed E-state index contributed by atoms with van der Waals surface area (Å²) in [6.07, 6.45) is 3.64. The third-order valence-corrected chi connectivity index (χ3v) is 3.34. The summed E-state index contributed by atoms with van der Waals surface area (Å²) in [5, 5.41) is 16.5. The minimum atomic E-state index is 0.109. The Kier molecular flexibility index (Phi) is 2.88. The van der Waals surface area contributed by atoms with Gasteiger partial charge in [-0.1, -0.05) is 6.07 Å². The van der Waals surface area contributed by atoms with Crippen molar-refractivity contribution in [2.45, 2.75) is 32.4 Å². The first-order chi connectivity index (χ1) is 9.28. The summed E-state index contributed by atoms with van der Waals surface area (Å²) in [5.74, 6) is 1.65. The van der Waals surface area contributed by atoms with Crippen molar-refractivity contribution in [1.29, 1.82) is 5.26 Å². The van der Waals surface area contributed by atoms with Gasteiger partial charge in [0.15, 0.2) is 0 Å². The molecule has 0 fully saturated rings. The number of pyridine rings is 1. The van der Waals surface area contributed by atoms with E-state index in [1.807, 2.05) is 23.7 Å². The van der Waals surface area contributed by atoms with E-state index in [-0.39, 0.29) is 6.04 Å². The van der Waals surface area contributed by atoms with Gasteiger partial charge in [-0.25, -0.2) is 14.6 Å². The monoisotopic (exact) mass is 254 g/mol. The van der Waals surface area contributed by atoms with Gasteiger partial charge in [0, 0.05) is 6.54 Å². The van der Waals surface area contributed by atoms with Gasteiger partial charge >= 0.3 is 0 Å². The number of aromatic nitrogens is 4. The molecule has 0 aromatic carbocycles. The van der Waals surface area contributed by atoms with Crippen LogP contribution >= 0.6 is 0 Å². The van der Waals surface area contributed by atoms with E-state index in [1.165, 1.54) is 0 Å². The van der Waals surface area contributed by atoms with E-state index in [0.29, 0.717) is 11.5 Å². The second-order valence-corrected chi connectivity index (χ2v) is 4.65. The summed E-state index contributed by atoms with van der Waals surface area (Å²) in [7, 11) is 0. The highest BCUT2D eigenvalue weighted by atomic mass is 15.3. The number of anilines is 1. The van der Waals surface area contributed by atoms with Crippen molar-refractivity contribution in [3.63, 3.8) is 0 Å². The van der Waals surface area contributed by atoms with Crippen LogP contribution in [0.25, 0.3) is 0 Å². The SMILES string of the molecule is Cc1ccc(NC2CCCn3ncnc32)nc1C#N. The van der Waals surface area contributed by atoms with Crippen LogP contribution in [0.15, 0.2) is 18.5 Å². The van der Waals surface area contributed by atoms with E-state index in [2.05, 4.69) is 26.5 Å². The van der Waals surface area contributed by atoms with E-state index in [4.69, 9.17) is 5.26 Å². The molecule has 3 rings (SSSR count). The largest absolute Gasteiger partial charge is 0.360 e. The molecule has 0 saturated carbocycles. The third-order valence-electron chi connectivity index (χ3n) is 3.34. The molecule has 0 radical (unpaired) electrons. The maximum Gasteiger partial charge on any atom is 0.149 e. The highest BCUT2D eigenvalue weighted by Crippen LogP contribution is 2.26. The van der Waals surface area contributed by atoms with Gasteiger partial charge in [0.2, 0.25) is 0 Å². The van der Waals surface area contributed by atoms with Gasteiger partial charge in [-0.3, -0.25) is 0 Å². The summed E-state index contributed by atoms with van der Waals surface area (Å²) in [4.78, 5) is 8.60. The van der Waals surface area contributed by atoms with Crippen LogP contribution in [0.2, 0.25) is 0 Å². The molecule has 96 valence electrons. The first-order valence-corrected chi connectivity index (χ1v) is 6.30. The van der Waals surface area contributed by atoms with E-state index >= 15 is 0 Å². The summed E-state index contributed by atoms with van der Waals surface area (Å²) in [6.45, 7) is 2.80. The highest BCUT2D eigenvalue weighted by molar-refractivity contribution is 5.43. The van der Waals surface area contributed by atoms with Gasteiger partial charge in [-0.2, -0.15) is 10.4 Å². The number of hydrogen-bond donors (Lipinski definition) is 1. The molecule has 3 heterocycles. The predicted molar refractivity (Wildman–Crippen MR) is 69.3 cm³/mol. The number of nitriles is 1. The number of hydrogen-bond acceptors (Lipinski definition) is 5. The summed E-state index contributed by atoms with van der Waals surface area (Å²) in [5.41, 5.74) is 1.35. The zero-order chi connectivity index (χ0) is 13.2. The number of aryl methyl sites for hydroxylation is 2. The molecule has 0 saturated heterocycles. The molecular weight excluding hydrogens is 240 g/mol. The van der Waals surface area contributed by atoms with Gasteiger partial charge < -0.3 is 5.32 Å². The van der Waals surface area contributed by atoms with E-state index in [9.17, 15) is 0 Å². The number of rotatable bonds is 2. The van der Waals surface area contributed by atoms with Crippen molar-refractivity contribution in [3.8, 4) is 6.07 Å². The maximum absolute atomic E-state index is 9.01. The first-order valence-electron chi connectivity index (χ1n) is 6.30. The fourth-order valence-corrected chi connectivity index (χ4v) is 2.33. The summed E-state index contributed by atoms with van der Waals surface area (Å²) in [6, 6.07) is 6.01. The Bertz CT molecular complexity index is 639. The van der Waals surface area contributed by atoms with Crippen LogP contribution in [0.3, 0.4) is 0 Å². The lowest BCUT2D eigenvalue weighted by atomic mass is 10.1. The molecular formula is C13H14N6. The lowest BCUT2D eigenvalue weighted by Crippen LogP contribution is -2.23. The molecule has 6 nitrogen and oxygen atoms in total. The molecule has 0 spiro atoms. The fourth-order valence-electron chi connectivity index (χ4n) is 2.33. The lowest BCUT2D eigenvalue weighted by molar-refractivity contribution is 0.437. The Hall–Kier alpha value is -2.42. The average molecular weight is 254 g/mol. The normalized spacial score (nSPS) is 17.6. The minimum Gasteiger partial charge on any atom is -0.360 e. The zero-order valence-corrected chi connectivity index (χ0v) is 10.7. The Morgan fingerprint density at radius 3 is 3.21 bits per heavy atom. The molecule has 1 unspecified atom stereocenters. The molecule has 1 N–H and O–H groups in total. The molecule has 19 heavy (non-hydrogen) atoms. The molecule has 0 amide bonds. The molecule has 1 aliphatic heterocycles. The Morgan fingerprint density at radius 2 is 2.37 bits per heavy atom. The smallest absolute Gasteiger partial charge is 0.149 e. The Morgan fingerprint density at radius 1 is 1.47 bits per heavy atom. The van der Waals surface area contributed by atoms with E-state index in [0.717, 1.165) is 30.8 Å². The summed E-state index contributed by atoms with van der Waals surface area (Å²) < 4.78 is 1.92. The highest BCUT2D eigenvalue weighted by Gasteiger charge is 2.22. The van der Waals surface area contributed by atoms with Crippen molar-refractivity contribution >= 4 is 5.82 Å². The Balaban J connectivity index is 1.86. The molecule has 2 aromatic rings. The maximum atomic E-state index is 9.01. The van der Waals surface area contributed by atoms with Gasteiger partial charge in [0.1, 0.15) is 29.7 Å². The molecule has 0 aliphatic carbocycles. The van der Waals surface area contributed by atoms with Crippen LogP contribution in [-0.2, 0) is 6.54 Å². The quantitative estimate of drug-likeness (QED) is 0.884. The van der Waals surface area contributed by atoms with Gasteiger partial charge in [-0.15, -0.1) is 0 Å². The fraction of sp³-hybridized carbons (Fsp3) is 0.385. The standard InChI is InChI=1S/C13H14N6/c1-9-4-5-12(18-11(9)7-14)17-10-3-2-6-19-13(10)15-8-16-19/h4-5,8,10H,2-3,6H2,1H3,(H,17,18). The van der Waals surface area contributed by atoms with Crippen LogP contribution in [0.1, 0.15) is 36.0 Å². The van der Waals surface area contributed by atoms with Crippen molar-refractivity contribution in [2.75, 3.05) is 5.32 Å². The van der Waals surface area contributed by atoms with Crippen LogP contribution in [0.4, 0.5) is 5.82 Å². The van der Waals surface area contributed by atoms with Crippen LogP contribution in [0.5, 0.6) is 0 Å². The first kappa shape index (κ1) is 11.7. The molecule has 1 aliphatic rings. The van der Waals surface area contributed by atoms with Crippen molar-refractivity contribution in [2.24, 2.45) is 0 Å². The number of nitrogens with zero attached hydrogens (tertiary/aromatic N) is 5. The second kappa shape index (κ2) is 4.69. The van der Waals surface area contributed by atoms with Crippen LogP contribution in [-0.4, -0.2) is 19.7 Å². The lowest BCUT2D eigenvalue weighted by Gasteiger charge is -2.23. The topological polar surface area (TPSA) is 79.4 Å². The van der Waals surface area contributed by atoms with Crippen LogP contribution in [0, 0.1) is 18.3 Å². The molecule has 6 heteroatoms. The predicted octanol–water partition coefficient (Wildman–Crippen LogP) is 1.80. The minimum absolute atomic E-state index is 0.109. The van der Waals surface area contributed by atoms with Gasteiger partial charge in [0.05, 0.1) is 6.04 Å². The van der Waals surface area contributed by atoms with E-state index in [1.54, 1.807) is 6.33 Å². The molecule has 1 atom stereocenters. The molecule has 0 bridgehead atoms. The molecule has 2 aromatic heterocycles. The number of nitrogens with one attached hydrogen (secondary N) is 1. The zero-order valence-electron chi connectivity index (χ0n) is 10.7. The van der Waals surface area contributed by atoms with Crippen molar-refractivity contribution in [3.05, 3.63) is 35.5 Å². The third kappa shape index (κ3) is 2.15. The van der Waals surface area contributed by atoms with Crippen molar-refractivity contribution < 1.29 is 0 Å². The second-order valence-electron chi connectivity index (χ2n) is 4.65. The van der Waals surface area contributed by atoms with Gasteiger partial charge in [-0.05, 0) is 31.4 Å². The summed E-state index contributed by atoms with van der Waals surface area (Å²) >= 11 is 0. The average Bonchev–Trinajstić information content (AvgIpc) is 2.90. The Labute approximate surface area is 111 Å². The van der Waals surface area contributed by atoms with Crippen molar-refractivity contribution in [1.82, 2.24) is 19.7 Å².